The number of ether oxygens (including phenoxy) is 3. The largest absolute Gasteiger partial charge is 0.496 e. The molecular weight excluding hydrogens is 539 g/mol. The van der Waals surface area contributed by atoms with Gasteiger partial charge in [-0.15, -0.1) is 11.3 Å². The molecule has 1 aromatic heterocycles. The molecule has 4 rings (SSSR count). The van der Waals surface area contributed by atoms with Crippen LogP contribution in [-0.2, 0) is 0 Å². The maximum atomic E-state index is 14.8. The fraction of sp³-hybridized carbons (Fsp3) is 0.103. The lowest BCUT2D eigenvalue weighted by Gasteiger charge is -2.11. The van der Waals surface area contributed by atoms with E-state index in [-0.39, 0.29) is 34.1 Å². The van der Waals surface area contributed by atoms with Crippen LogP contribution >= 0.6 is 11.3 Å². The van der Waals surface area contributed by atoms with Crippen molar-refractivity contribution in [1.29, 1.82) is 0 Å². The van der Waals surface area contributed by atoms with E-state index in [0.717, 1.165) is 9.88 Å². The second-order valence-electron chi connectivity index (χ2n) is 8.54. The van der Waals surface area contributed by atoms with Crippen LogP contribution in [0.1, 0.15) is 31.2 Å². The molecule has 0 spiro atoms. The smallest absolute Gasteiger partial charge is 0.347 e. The Hall–Kier alpha value is -5.03. The van der Waals surface area contributed by atoms with Gasteiger partial charge < -0.3 is 19.1 Å². The van der Waals surface area contributed by atoms with Crippen LogP contribution in [0.3, 0.4) is 0 Å². The highest BCUT2D eigenvalue weighted by molar-refractivity contribution is 7.16. The molecule has 0 bridgehead atoms. The van der Waals surface area contributed by atoms with Crippen molar-refractivity contribution in [2.45, 2.75) is 0 Å². The van der Waals surface area contributed by atoms with Crippen molar-refractivity contribution in [2.24, 2.45) is 0 Å². The first-order valence-corrected chi connectivity index (χ1v) is 12.6. The van der Waals surface area contributed by atoms with Crippen molar-refractivity contribution in [3.63, 3.8) is 0 Å². The number of hydrogen-bond donors (Lipinski definition) is 0. The van der Waals surface area contributed by atoms with E-state index in [1.807, 2.05) is 37.2 Å². The van der Waals surface area contributed by atoms with E-state index in [1.165, 1.54) is 61.7 Å². The van der Waals surface area contributed by atoms with Crippen LogP contribution in [0.5, 0.6) is 17.2 Å². The Bertz CT molecular complexity index is 1600. The zero-order chi connectivity index (χ0) is 28.8. The SMILES string of the molecule is COc1cc(OC(=O)c2ccc(/C=C/c3ccc(N(C)C)s3)cc2F)ccc1C(=O)Oc1ccc([N+](=O)[O-])cc1. The van der Waals surface area contributed by atoms with Gasteiger partial charge >= 0.3 is 11.9 Å². The van der Waals surface area contributed by atoms with Gasteiger partial charge in [-0.25, -0.2) is 14.0 Å². The molecule has 0 aliphatic carbocycles. The van der Waals surface area contributed by atoms with Crippen LogP contribution in [0.15, 0.2) is 72.8 Å². The number of methoxy groups -OCH3 is 1. The van der Waals surface area contributed by atoms with Crippen molar-refractivity contribution in [3.8, 4) is 17.2 Å². The molecule has 0 unspecified atom stereocenters. The summed E-state index contributed by atoms with van der Waals surface area (Å²) in [4.78, 5) is 38.5. The summed E-state index contributed by atoms with van der Waals surface area (Å²) < 4.78 is 30.6. The molecule has 0 atom stereocenters. The van der Waals surface area contributed by atoms with Gasteiger partial charge in [0.25, 0.3) is 5.69 Å². The molecule has 3 aromatic carbocycles. The van der Waals surface area contributed by atoms with Crippen LogP contribution < -0.4 is 19.1 Å². The predicted molar refractivity (Wildman–Crippen MR) is 150 cm³/mol. The Labute approximate surface area is 232 Å². The van der Waals surface area contributed by atoms with E-state index in [9.17, 15) is 24.1 Å². The summed E-state index contributed by atoms with van der Waals surface area (Å²) in [7, 11) is 5.22. The number of anilines is 1. The van der Waals surface area contributed by atoms with Gasteiger partial charge in [0.05, 0.1) is 22.6 Å². The summed E-state index contributed by atoms with van der Waals surface area (Å²) in [6, 6.07) is 17.1. The van der Waals surface area contributed by atoms with Crippen molar-refractivity contribution < 1.29 is 33.1 Å². The van der Waals surface area contributed by atoms with Gasteiger partial charge in [-0.1, -0.05) is 12.1 Å². The monoisotopic (exact) mass is 562 g/mol. The van der Waals surface area contributed by atoms with Crippen LogP contribution in [0.4, 0.5) is 15.1 Å². The van der Waals surface area contributed by atoms with Gasteiger partial charge in [-0.05, 0) is 60.2 Å². The molecule has 204 valence electrons. The van der Waals surface area contributed by atoms with Crippen molar-refractivity contribution in [3.05, 3.63) is 110 Å². The standard InChI is InChI=1S/C29H23FN2O7S/c1-31(2)27-15-12-22(40-27)11-4-18-5-13-23(25(30)16-18)28(33)39-21-10-14-24(26(17-21)37-3)29(34)38-20-8-6-19(7-9-20)32(35)36/h4-17H,1-3H3/b11-4+. The molecule has 9 nitrogen and oxygen atoms in total. The zero-order valence-electron chi connectivity index (χ0n) is 21.6. The van der Waals surface area contributed by atoms with E-state index < -0.39 is 22.7 Å². The number of esters is 2. The van der Waals surface area contributed by atoms with Crippen LogP contribution in [0.2, 0.25) is 0 Å². The normalized spacial score (nSPS) is 10.8. The molecule has 0 aliphatic heterocycles. The fourth-order valence-electron chi connectivity index (χ4n) is 3.51. The summed E-state index contributed by atoms with van der Waals surface area (Å²) in [5.41, 5.74) is 0.185. The van der Waals surface area contributed by atoms with Gasteiger partial charge in [0.1, 0.15) is 28.6 Å². The number of non-ortho nitro benzene ring substituents is 1. The molecule has 0 fully saturated rings. The quantitative estimate of drug-likeness (QED) is 0.0987. The van der Waals surface area contributed by atoms with Gasteiger partial charge in [0.15, 0.2) is 0 Å². The Morgan fingerprint density at radius 1 is 0.875 bits per heavy atom. The number of hydrogen-bond acceptors (Lipinski definition) is 9. The average Bonchev–Trinajstić information content (AvgIpc) is 3.41. The number of carbonyl (C=O) groups is 2. The second-order valence-corrected chi connectivity index (χ2v) is 9.63. The molecule has 0 N–H and O–H groups in total. The summed E-state index contributed by atoms with van der Waals surface area (Å²) in [5.74, 6) is -2.31. The van der Waals surface area contributed by atoms with Crippen molar-refractivity contribution in [2.75, 3.05) is 26.1 Å². The maximum Gasteiger partial charge on any atom is 0.347 e. The average molecular weight is 563 g/mol. The molecule has 0 saturated heterocycles. The molecule has 0 saturated carbocycles. The van der Waals surface area contributed by atoms with Crippen LogP contribution in [0, 0.1) is 15.9 Å². The lowest BCUT2D eigenvalue weighted by molar-refractivity contribution is -0.384. The number of benzene rings is 3. The van der Waals surface area contributed by atoms with E-state index in [0.29, 0.717) is 5.56 Å². The number of nitrogens with zero attached hydrogens (tertiary/aromatic N) is 2. The molecule has 4 aromatic rings. The van der Waals surface area contributed by atoms with Gasteiger partial charge in [-0.3, -0.25) is 10.1 Å². The summed E-state index contributed by atoms with van der Waals surface area (Å²) in [5, 5.41) is 11.9. The third-order valence-electron chi connectivity index (χ3n) is 5.57. The number of carbonyl (C=O) groups excluding carboxylic acids is 2. The first-order valence-electron chi connectivity index (χ1n) is 11.8. The molecule has 1 heterocycles. The number of nitro benzene ring substituents is 1. The number of halogens is 1. The van der Waals surface area contributed by atoms with Gasteiger partial charge in [0, 0.05) is 37.2 Å². The highest BCUT2D eigenvalue weighted by Crippen LogP contribution is 2.28. The van der Waals surface area contributed by atoms with Crippen LogP contribution in [-0.4, -0.2) is 38.1 Å². The lowest BCUT2D eigenvalue weighted by atomic mass is 10.1. The highest BCUT2D eigenvalue weighted by atomic mass is 32.1. The van der Waals surface area contributed by atoms with Crippen molar-refractivity contribution >= 4 is 46.1 Å². The Kier molecular flexibility index (Phi) is 8.55. The zero-order valence-corrected chi connectivity index (χ0v) is 22.4. The van der Waals surface area contributed by atoms with Gasteiger partial charge in [-0.2, -0.15) is 0 Å². The third kappa shape index (κ3) is 6.69. The molecule has 0 amide bonds. The topological polar surface area (TPSA) is 108 Å². The van der Waals surface area contributed by atoms with E-state index in [4.69, 9.17) is 14.2 Å². The fourth-order valence-corrected chi connectivity index (χ4v) is 4.35. The number of thiophene rings is 1. The third-order valence-corrected chi connectivity index (χ3v) is 6.79. The molecular formula is C29H23FN2O7S. The Morgan fingerprint density at radius 2 is 1.52 bits per heavy atom. The second kappa shape index (κ2) is 12.2. The summed E-state index contributed by atoms with van der Waals surface area (Å²) in [6.45, 7) is 0. The van der Waals surface area contributed by atoms with Gasteiger partial charge in [0.2, 0.25) is 0 Å². The molecule has 0 radical (unpaired) electrons. The van der Waals surface area contributed by atoms with Crippen LogP contribution in [0.25, 0.3) is 12.2 Å². The number of rotatable bonds is 9. The van der Waals surface area contributed by atoms with E-state index in [2.05, 4.69) is 0 Å². The first kappa shape index (κ1) is 28.0. The highest BCUT2D eigenvalue weighted by Gasteiger charge is 2.19. The van der Waals surface area contributed by atoms with E-state index in [1.54, 1.807) is 23.5 Å². The first-order chi connectivity index (χ1) is 19.1. The lowest BCUT2D eigenvalue weighted by Crippen LogP contribution is -2.13. The minimum Gasteiger partial charge on any atom is -0.496 e. The molecule has 40 heavy (non-hydrogen) atoms. The Morgan fingerprint density at radius 3 is 2.15 bits per heavy atom. The summed E-state index contributed by atoms with van der Waals surface area (Å²) >= 11 is 1.59. The minimum absolute atomic E-state index is 0.0198. The maximum absolute atomic E-state index is 14.8. The predicted octanol–water partition coefficient (Wildman–Crippen LogP) is 6.48. The number of nitro groups is 1. The minimum atomic E-state index is -0.926. The Balaban J connectivity index is 1.43. The van der Waals surface area contributed by atoms with E-state index >= 15 is 0 Å². The summed E-state index contributed by atoms with van der Waals surface area (Å²) in [6.07, 6.45) is 3.62. The van der Waals surface area contributed by atoms with Crippen molar-refractivity contribution in [1.82, 2.24) is 0 Å². The molecule has 11 heteroatoms. The molecule has 0 aliphatic rings.